The average molecular weight is 602 g/mol. The second-order valence-corrected chi connectivity index (χ2v) is 9.51. The van der Waals surface area contributed by atoms with E-state index in [0.717, 1.165) is 0 Å². The zero-order valence-corrected chi connectivity index (χ0v) is 21.6. The van der Waals surface area contributed by atoms with Crippen LogP contribution in [0.5, 0.6) is 5.75 Å². The molecule has 1 fully saturated rings. The van der Waals surface area contributed by atoms with E-state index >= 15 is 0 Å². The Labute approximate surface area is 224 Å². The summed E-state index contributed by atoms with van der Waals surface area (Å²) >= 11 is 9.13. The van der Waals surface area contributed by atoms with Crippen molar-refractivity contribution in [3.8, 4) is 5.75 Å². The number of anilines is 1. The monoisotopic (exact) mass is 600 g/mol. The van der Waals surface area contributed by atoms with Crippen LogP contribution in [0.1, 0.15) is 28.4 Å². The summed E-state index contributed by atoms with van der Waals surface area (Å²) in [5.74, 6) is -2.79. The Morgan fingerprint density at radius 3 is 2.46 bits per heavy atom. The molecule has 1 aromatic carbocycles. The molecule has 1 aromatic heterocycles. The van der Waals surface area contributed by atoms with E-state index < -0.39 is 55.3 Å². The van der Waals surface area contributed by atoms with Crippen molar-refractivity contribution in [2.45, 2.75) is 31.0 Å². The van der Waals surface area contributed by atoms with Crippen LogP contribution >= 0.6 is 27.5 Å². The van der Waals surface area contributed by atoms with Crippen molar-refractivity contribution in [2.75, 3.05) is 25.0 Å². The van der Waals surface area contributed by atoms with Gasteiger partial charge in [0.05, 0.1) is 53.1 Å². The molecule has 9 N–H and O–H groups in total. The number of aromatic nitrogens is 1. The van der Waals surface area contributed by atoms with Crippen molar-refractivity contribution < 1.29 is 34.8 Å². The van der Waals surface area contributed by atoms with Crippen molar-refractivity contribution in [3.05, 3.63) is 51.2 Å². The number of amides is 2. The van der Waals surface area contributed by atoms with Gasteiger partial charge in [-0.25, -0.2) is 0 Å². The lowest BCUT2D eigenvalue weighted by atomic mass is 10.0. The molecule has 2 amide bonds. The van der Waals surface area contributed by atoms with E-state index in [2.05, 4.69) is 47.5 Å². The maximum atomic E-state index is 12.6. The second kappa shape index (κ2) is 13.0. The Morgan fingerprint density at radius 1 is 1.14 bits per heavy atom. The molecule has 0 radical (unpaired) electrons. The molecule has 1 aliphatic heterocycles. The Balaban J connectivity index is 1.60. The van der Waals surface area contributed by atoms with Crippen LogP contribution in [0.4, 0.5) is 5.69 Å². The first kappa shape index (κ1) is 28.6. The molecular weight excluding hydrogens is 576 g/mol. The van der Waals surface area contributed by atoms with Gasteiger partial charge in [-0.1, -0.05) is 11.6 Å². The summed E-state index contributed by atoms with van der Waals surface area (Å²) < 4.78 is 0.232. The number of phenols is 1. The molecule has 200 valence electrons. The van der Waals surface area contributed by atoms with E-state index in [4.69, 9.17) is 11.6 Å². The van der Waals surface area contributed by atoms with Crippen molar-refractivity contribution in [1.82, 2.24) is 26.3 Å². The lowest BCUT2D eigenvalue weighted by Crippen LogP contribution is -2.47. The van der Waals surface area contributed by atoms with Gasteiger partial charge < -0.3 is 36.4 Å². The van der Waals surface area contributed by atoms with Crippen LogP contribution in [0.25, 0.3) is 0 Å². The van der Waals surface area contributed by atoms with Gasteiger partial charge in [0.2, 0.25) is 5.91 Å². The van der Waals surface area contributed by atoms with E-state index in [0.29, 0.717) is 5.69 Å². The molecule has 1 saturated heterocycles. The predicted octanol–water partition coefficient (Wildman–Crippen LogP) is -0.125. The van der Waals surface area contributed by atoms with E-state index in [-0.39, 0.29) is 39.5 Å². The molecule has 0 aliphatic carbocycles. The van der Waals surface area contributed by atoms with Crippen LogP contribution in [-0.4, -0.2) is 81.3 Å². The van der Waals surface area contributed by atoms with Crippen LogP contribution < -0.4 is 26.6 Å². The van der Waals surface area contributed by atoms with Crippen LogP contribution in [0.3, 0.4) is 0 Å². The summed E-state index contributed by atoms with van der Waals surface area (Å²) in [6.07, 6.45) is -0.132. The standard InChI is InChI=1S/C22H26BrClN6O7/c23-14-3-11(24)2-13(20(14)36)15(4-19(34)35)30-18(33)9-26-21(37)10-1-12(6-25-5-10)29-22-27-7-16(31)17(32)8-28-22/h1-3,5-6,15-17,22,27-29,31-32,36H,4,7-9H2,(H,26,37)(H,30,33)(H,34,35)/t15-,16-,17-/m0/s1. The van der Waals surface area contributed by atoms with Crippen LogP contribution in [0.2, 0.25) is 5.02 Å². The number of carboxylic acids is 1. The van der Waals surface area contributed by atoms with Gasteiger partial charge >= 0.3 is 5.97 Å². The minimum atomic E-state index is -1.22. The molecule has 0 unspecified atom stereocenters. The number of rotatable bonds is 9. The summed E-state index contributed by atoms with van der Waals surface area (Å²) in [5, 5.41) is 53.1. The van der Waals surface area contributed by atoms with Gasteiger partial charge in [0, 0.05) is 29.9 Å². The van der Waals surface area contributed by atoms with Gasteiger partial charge in [-0.15, -0.1) is 0 Å². The number of aliphatic carboxylic acids is 1. The fraction of sp³-hybridized carbons (Fsp3) is 0.364. The van der Waals surface area contributed by atoms with Crippen LogP contribution in [0, 0.1) is 0 Å². The average Bonchev–Trinajstić information content (AvgIpc) is 3.00. The number of carbonyl (C=O) groups excluding carboxylic acids is 2. The van der Waals surface area contributed by atoms with E-state index in [1.54, 1.807) is 0 Å². The zero-order chi connectivity index (χ0) is 27.1. The number of phenolic OH excluding ortho intramolecular Hbond substituents is 1. The summed E-state index contributed by atoms with van der Waals surface area (Å²) in [5.41, 5.74) is 0.701. The first-order chi connectivity index (χ1) is 17.5. The van der Waals surface area contributed by atoms with E-state index in [9.17, 15) is 34.8 Å². The predicted molar refractivity (Wildman–Crippen MR) is 136 cm³/mol. The Morgan fingerprint density at radius 2 is 1.81 bits per heavy atom. The summed E-state index contributed by atoms with van der Waals surface area (Å²) in [6.45, 7) is -0.195. The number of nitrogens with zero attached hydrogens (tertiary/aromatic N) is 1. The number of aliphatic hydroxyl groups excluding tert-OH is 2. The number of halogens is 2. The highest BCUT2D eigenvalue weighted by molar-refractivity contribution is 9.10. The van der Waals surface area contributed by atoms with Gasteiger partial charge in [-0.3, -0.25) is 30.0 Å². The molecule has 3 atom stereocenters. The zero-order valence-electron chi connectivity index (χ0n) is 19.2. The molecule has 13 nitrogen and oxygen atoms in total. The minimum Gasteiger partial charge on any atom is -0.506 e. The fourth-order valence-corrected chi connectivity index (χ4v) is 4.34. The Kier molecular flexibility index (Phi) is 10.0. The number of aliphatic hydroxyl groups is 2. The van der Waals surface area contributed by atoms with Gasteiger partial charge in [-0.05, 0) is 34.1 Å². The quantitative estimate of drug-likeness (QED) is 0.185. The van der Waals surface area contributed by atoms with Crippen LogP contribution in [0.15, 0.2) is 35.1 Å². The summed E-state index contributed by atoms with van der Waals surface area (Å²) in [6, 6.07) is 3.16. The van der Waals surface area contributed by atoms with Gasteiger partial charge in [0.25, 0.3) is 5.91 Å². The lowest BCUT2D eigenvalue weighted by molar-refractivity contribution is -0.137. The highest BCUT2D eigenvalue weighted by atomic mass is 79.9. The molecule has 37 heavy (non-hydrogen) atoms. The van der Waals surface area contributed by atoms with Gasteiger partial charge in [0.1, 0.15) is 12.0 Å². The molecule has 2 aromatic rings. The maximum Gasteiger partial charge on any atom is 0.305 e. The number of hydrogen-bond donors (Lipinski definition) is 9. The maximum absolute atomic E-state index is 12.6. The topological polar surface area (TPSA) is 205 Å². The molecular formula is C22H26BrClN6O7. The number of nitrogens with one attached hydrogen (secondary N) is 5. The third-order valence-corrected chi connectivity index (χ3v) is 6.20. The third kappa shape index (κ3) is 8.24. The van der Waals surface area contributed by atoms with E-state index in [1.807, 2.05) is 0 Å². The molecule has 0 spiro atoms. The van der Waals surface area contributed by atoms with Gasteiger partial charge in [-0.2, -0.15) is 0 Å². The van der Waals surface area contributed by atoms with Crippen LogP contribution in [-0.2, 0) is 9.59 Å². The second-order valence-electron chi connectivity index (χ2n) is 8.22. The normalized spacial score (nSPS) is 18.9. The highest BCUT2D eigenvalue weighted by Gasteiger charge is 2.24. The molecule has 1 aliphatic rings. The number of carboxylic acid groups (broad SMARTS) is 1. The molecule has 0 saturated carbocycles. The molecule has 0 bridgehead atoms. The number of benzene rings is 1. The van der Waals surface area contributed by atoms with Crippen molar-refractivity contribution in [2.24, 2.45) is 0 Å². The van der Waals surface area contributed by atoms with E-state index in [1.165, 1.54) is 30.6 Å². The number of aromatic hydroxyl groups is 1. The fourth-order valence-electron chi connectivity index (χ4n) is 3.51. The van der Waals surface area contributed by atoms with Crippen molar-refractivity contribution >= 4 is 51.0 Å². The molecule has 15 heteroatoms. The third-order valence-electron chi connectivity index (χ3n) is 5.37. The van der Waals surface area contributed by atoms with Crippen molar-refractivity contribution in [1.29, 1.82) is 0 Å². The Bertz CT molecular complexity index is 1140. The molecule has 2 heterocycles. The largest absolute Gasteiger partial charge is 0.506 e. The highest BCUT2D eigenvalue weighted by Crippen LogP contribution is 2.36. The van der Waals surface area contributed by atoms with Crippen molar-refractivity contribution in [3.63, 3.8) is 0 Å². The first-order valence-corrected chi connectivity index (χ1v) is 12.2. The van der Waals surface area contributed by atoms with Gasteiger partial charge in [0.15, 0.2) is 0 Å². The summed E-state index contributed by atoms with van der Waals surface area (Å²) in [7, 11) is 0. The Hall–Kier alpha value is -3.01. The molecule has 3 rings (SSSR count). The number of β-amino-alcohol motifs (C(OH)–C–C–N with tert-alkyl or cyclic N) is 2. The first-order valence-electron chi connectivity index (χ1n) is 11.0. The summed E-state index contributed by atoms with van der Waals surface area (Å²) in [4.78, 5) is 40.4. The lowest BCUT2D eigenvalue weighted by Gasteiger charge is -2.20. The number of pyridine rings is 1. The number of hydrogen-bond acceptors (Lipinski definition) is 10. The minimum absolute atomic E-state index is 0.102. The number of carbonyl (C=O) groups is 3. The SMILES string of the molecule is O=C(O)C[C@H](NC(=O)CNC(=O)c1cncc(NC2NC[C@H](O)[C@@H](O)CN2)c1)c1cc(Cl)cc(Br)c1O. The smallest absolute Gasteiger partial charge is 0.305 e.